The van der Waals surface area contributed by atoms with Gasteiger partial charge in [-0.2, -0.15) is 9.36 Å². The molecule has 0 bridgehead atoms. The lowest BCUT2D eigenvalue weighted by atomic mass is 10.2. The van der Waals surface area contributed by atoms with Gasteiger partial charge in [0.05, 0.1) is 12.7 Å². The van der Waals surface area contributed by atoms with Crippen LogP contribution in [0.3, 0.4) is 0 Å². The van der Waals surface area contributed by atoms with Gasteiger partial charge in [-0.25, -0.2) is 0 Å². The summed E-state index contributed by atoms with van der Waals surface area (Å²) >= 11 is 5.48. The molecule has 0 fully saturated rings. The lowest BCUT2D eigenvalue weighted by Gasteiger charge is -2.13. The van der Waals surface area contributed by atoms with E-state index in [4.69, 9.17) is 12.2 Å². The van der Waals surface area contributed by atoms with Crippen molar-refractivity contribution in [3.8, 4) is 5.69 Å². The molecule has 3 rings (SSSR count). The minimum atomic E-state index is 0.610. The highest BCUT2D eigenvalue weighted by atomic mass is 32.1. The van der Waals surface area contributed by atoms with Gasteiger partial charge in [0.25, 0.3) is 0 Å². The van der Waals surface area contributed by atoms with Crippen LogP contribution in [0.2, 0.25) is 0 Å². The van der Waals surface area contributed by atoms with Crippen molar-refractivity contribution in [3.63, 3.8) is 0 Å². The molecule has 0 radical (unpaired) electrons. The van der Waals surface area contributed by atoms with Crippen LogP contribution in [0.25, 0.3) is 5.69 Å². The molecule has 112 valence electrons. The number of hydrogen-bond donors (Lipinski definition) is 1. The number of quaternary nitrogens is 1. The number of benzene rings is 2. The molecule has 22 heavy (non-hydrogen) atoms. The van der Waals surface area contributed by atoms with Crippen molar-refractivity contribution in [2.45, 2.75) is 13.2 Å². The van der Waals surface area contributed by atoms with Crippen LogP contribution in [-0.4, -0.2) is 26.8 Å². The molecule has 0 spiro atoms. The minimum Gasteiger partial charge on any atom is -0.315 e. The summed E-state index contributed by atoms with van der Waals surface area (Å²) in [6.07, 6.45) is 0. The van der Waals surface area contributed by atoms with Gasteiger partial charge >= 0.3 is 0 Å². The fourth-order valence-corrected chi connectivity index (χ4v) is 2.60. The van der Waals surface area contributed by atoms with Crippen molar-refractivity contribution in [1.82, 2.24) is 19.8 Å². The van der Waals surface area contributed by atoms with E-state index < -0.39 is 0 Å². The first kappa shape index (κ1) is 14.6. The first-order chi connectivity index (χ1) is 10.7. The molecule has 1 aromatic heterocycles. The fourth-order valence-electron chi connectivity index (χ4n) is 2.36. The van der Waals surface area contributed by atoms with Crippen LogP contribution >= 0.6 is 12.2 Å². The van der Waals surface area contributed by atoms with Crippen LogP contribution in [0.4, 0.5) is 0 Å². The normalized spacial score (nSPS) is 12.2. The van der Waals surface area contributed by atoms with Gasteiger partial charge < -0.3 is 4.90 Å². The zero-order valence-electron chi connectivity index (χ0n) is 12.4. The summed E-state index contributed by atoms with van der Waals surface area (Å²) in [6.45, 7) is 1.60. The zero-order chi connectivity index (χ0) is 15.4. The molecule has 0 amide bonds. The highest BCUT2D eigenvalue weighted by Gasteiger charge is 2.10. The third-order valence-electron chi connectivity index (χ3n) is 3.41. The zero-order valence-corrected chi connectivity index (χ0v) is 13.2. The highest BCUT2D eigenvalue weighted by Crippen LogP contribution is 2.05. The van der Waals surface area contributed by atoms with Crippen molar-refractivity contribution in [1.29, 1.82) is 0 Å². The Balaban J connectivity index is 1.74. The van der Waals surface area contributed by atoms with Crippen LogP contribution in [0.5, 0.6) is 0 Å². The van der Waals surface area contributed by atoms with Crippen LogP contribution in [0.1, 0.15) is 5.56 Å². The Bertz CT molecular complexity index is 779. The fraction of sp³-hybridized carbons (Fsp3) is 0.188. The molecule has 6 heteroatoms. The number of tetrazole rings is 1. The number of nitrogens with one attached hydrogen (secondary N) is 1. The van der Waals surface area contributed by atoms with Crippen LogP contribution in [0.15, 0.2) is 60.7 Å². The van der Waals surface area contributed by atoms with E-state index >= 15 is 0 Å². The first-order valence-corrected chi connectivity index (χ1v) is 7.58. The topological polar surface area (TPSA) is 40.1 Å². The van der Waals surface area contributed by atoms with Crippen molar-refractivity contribution < 1.29 is 4.90 Å². The quantitative estimate of drug-likeness (QED) is 0.725. The molecule has 0 saturated heterocycles. The first-order valence-electron chi connectivity index (χ1n) is 7.17. The highest BCUT2D eigenvalue weighted by molar-refractivity contribution is 7.71. The predicted octanol–water partition coefficient (Wildman–Crippen LogP) is 1.47. The summed E-state index contributed by atoms with van der Waals surface area (Å²) in [4.78, 5) is 1.29. The smallest absolute Gasteiger partial charge is 0.225 e. The maximum atomic E-state index is 5.48. The largest absolute Gasteiger partial charge is 0.315 e. The lowest BCUT2D eigenvalue weighted by Crippen LogP contribution is -3.07. The van der Waals surface area contributed by atoms with Gasteiger partial charge in [0.2, 0.25) is 4.77 Å². The molecule has 0 aliphatic heterocycles. The maximum absolute atomic E-state index is 5.48. The number of nitrogens with zero attached hydrogens (tertiary/aromatic N) is 4. The van der Waals surface area contributed by atoms with E-state index in [9.17, 15) is 0 Å². The Morgan fingerprint density at radius 1 is 0.955 bits per heavy atom. The van der Waals surface area contributed by atoms with Crippen molar-refractivity contribution in [3.05, 3.63) is 71.0 Å². The van der Waals surface area contributed by atoms with Crippen molar-refractivity contribution in [2.75, 3.05) is 7.05 Å². The van der Waals surface area contributed by atoms with Crippen LogP contribution in [0, 0.1) is 4.77 Å². The standard InChI is InChI=1S/C16H17N5S/c1-19(12-14-8-4-2-5-9-14)13-20-16(22)21(18-17-20)15-10-6-3-7-11-15/h2-11H,12-13H2,1H3/p+1. The van der Waals surface area contributed by atoms with Gasteiger partial charge in [0, 0.05) is 5.56 Å². The summed E-state index contributed by atoms with van der Waals surface area (Å²) in [6, 6.07) is 20.2. The summed E-state index contributed by atoms with van der Waals surface area (Å²) in [5.41, 5.74) is 2.22. The maximum Gasteiger partial charge on any atom is 0.225 e. The van der Waals surface area contributed by atoms with E-state index in [-0.39, 0.29) is 0 Å². The Labute approximate surface area is 134 Å². The second-order valence-corrected chi connectivity index (χ2v) is 5.65. The van der Waals surface area contributed by atoms with E-state index in [0.29, 0.717) is 11.4 Å². The van der Waals surface area contributed by atoms with E-state index in [1.54, 1.807) is 9.36 Å². The number of hydrogen-bond acceptors (Lipinski definition) is 3. The average Bonchev–Trinajstić information content (AvgIpc) is 2.90. The number of rotatable bonds is 5. The van der Waals surface area contributed by atoms with Gasteiger partial charge in [-0.05, 0) is 34.8 Å². The number of para-hydroxylation sites is 1. The molecule has 1 N–H and O–H groups in total. The van der Waals surface area contributed by atoms with Crippen molar-refractivity contribution in [2.24, 2.45) is 0 Å². The molecule has 2 aromatic carbocycles. The molecule has 0 aliphatic rings. The second kappa shape index (κ2) is 6.64. The summed E-state index contributed by atoms with van der Waals surface area (Å²) in [7, 11) is 2.12. The molecular formula is C16H18N5S+. The third kappa shape index (κ3) is 3.29. The van der Waals surface area contributed by atoms with E-state index in [2.05, 4.69) is 41.7 Å². The molecule has 3 aromatic rings. The van der Waals surface area contributed by atoms with Gasteiger partial charge in [-0.15, -0.1) is 0 Å². The van der Waals surface area contributed by atoms with Crippen LogP contribution < -0.4 is 4.90 Å². The Kier molecular flexibility index (Phi) is 4.41. The van der Waals surface area contributed by atoms with Gasteiger partial charge in [0.1, 0.15) is 6.54 Å². The summed E-state index contributed by atoms with van der Waals surface area (Å²) < 4.78 is 4.06. The molecule has 5 nitrogen and oxygen atoms in total. The monoisotopic (exact) mass is 312 g/mol. The van der Waals surface area contributed by atoms with E-state index in [1.165, 1.54) is 10.5 Å². The predicted molar refractivity (Wildman–Crippen MR) is 87.2 cm³/mol. The van der Waals surface area contributed by atoms with Gasteiger partial charge in [0.15, 0.2) is 6.67 Å². The SMILES string of the molecule is C[NH+](Cc1ccccc1)Cn1nnn(-c2ccccc2)c1=S. The van der Waals surface area contributed by atoms with E-state index in [1.807, 2.05) is 36.4 Å². The van der Waals surface area contributed by atoms with Crippen LogP contribution in [-0.2, 0) is 13.2 Å². The molecule has 0 saturated carbocycles. The Morgan fingerprint density at radius 3 is 2.27 bits per heavy atom. The third-order valence-corrected chi connectivity index (χ3v) is 3.79. The molecule has 1 unspecified atom stereocenters. The van der Waals surface area contributed by atoms with Gasteiger partial charge in [-0.3, -0.25) is 0 Å². The summed E-state index contributed by atoms with van der Waals surface area (Å²) in [5, 5.41) is 8.34. The molecule has 1 heterocycles. The average molecular weight is 312 g/mol. The molecule has 1 atom stereocenters. The number of aromatic nitrogens is 4. The lowest BCUT2D eigenvalue weighted by molar-refractivity contribution is -0.917. The summed E-state index contributed by atoms with van der Waals surface area (Å²) in [5.74, 6) is 0. The molecular weight excluding hydrogens is 294 g/mol. The van der Waals surface area contributed by atoms with E-state index in [0.717, 1.165) is 12.2 Å². The Hall–Kier alpha value is -2.31. The minimum absolute atomic E-state index is 0.610. The second-order valence-electron chi connectivity index (χ2n) is 5.29. The Morgan fingerprint density at radius 2 is 1.59 bits per heavy atom. The molecule has 0 aliphatic carbocycles. The van der Waals surface area contributed by atoms with Crippen molar-refractivity contribution >= 4 is 12.2 Å². The van der Waals surface area contributed by atoms with Gasteiger partial charge in [-0.1, -0.05) is 48.5 Å².